The van der Waals surface area contributed by atoms with Crippen LogP contribution in [0.15, 0.2) is 63.7 Å². The Morgan fingerprint density at radius 3 is 2.57 bits per heavy atom. The van der Waals surface area contributed by atoms with Gasteiger partial charge in [-0.15, -0.1) is 0 Å². The zero-order valence-corrected chi connectivity index (χ0v) is 13.0. The van der Waals surface area contributed by atoms with Crippen LogP contribution in [0, 0.1) is 0 Å². The summed E-state index contributed by atoms with van der Waals surface area (Å²) >= 11 is 0. The number of hydrogen-bond donors (Lipinski definition) is 0. The molecule has 2 aromatic heterocycles. The number of rotatable bonds is 1. The Morgan fingerprint density at radius 2 is 1.74 bits per heavy atom. The number of benzene rings is 2. The van der Waals surface area contributed by atoms with Gasteiger partial charge in [0.05, 0.1) is 11.1 Å². The lowest BCUT2D eigenvalue weighted by molar-refractivity contribution is 0.383. The molecular weight excluding hydrogens is 288 g/mol. The number of fused-ring (bicyclic) bond motifs is 5. The van der Waals surface area contributed by atoms with E-state index in [-0.39, 0.29) is 6.17 Å². The lowest BCUT2D eigenvalue weighted by Crippen LogP contribution is -2.33. The molecule has 0 fully saturated rings. The van der Waals surface area contributed by atoms with E-state index in [0.29, 0.717) is 5.78 Å². The summed E-state index contributed by atoms with van der Waals surface area (Å²) in [6.45, 7) is 2.17. The highest BCUT2D eigenvalue weighted by molar-refractivity contribution is 6.19. The molecule has 0 amide bonds. The molecule has 0 radical (unpaired) electrons. The van der Waals surface area contributed by atoms with Crippen LogP contribution in [0.5, 0.6) is 0 Å². The van der Waals surface area contributed by atoms with Crippen LogP contribution in [0.3, 0.4) is 0 Å². The van der Waals surface area contributed by atoms with Crippen molar-refractivity contribution < 1.29 is 8.83 Å². The van der Waals surface area contributed by atoms with Crippen LogP contribution in [0.1, 0.15) is 6.92 Å². The zero-order chi connectivity index (χ0) is 15.6. The highest BCUT2D eigenvalue weighted by Gasteiger charge is 2.25. The predicted molar refractivity (Wildman–Crippen MR) is 92.3 cm³/mol. The maximum Gasteiger partial charge on any atom is 0.299 e. The van der Waals surface area contributed by atoms with Gasteiger partial charge in [0.2, 0.25) is 0 Å². The Balaban J connectivity index is 1.83. The van der Waals surface area contributed by atoms with Crippen molar-refractivity contribution in [2.45, 2.75) is 13.1 Å². The van der Waals surface area contributed by atoms with E-state index in [4.69, 9.17) is 8.83 Å². The molecule has 0 bridgehead atoms. The minimum absolute atomic E-state index is 0.258. The second-order valence-electron chi connectivity index (χ2n) is 6.02. The quantitative estimate of drug-likeness (QED) is 0.500. The van der Waals surface area contributed by atoms with E-state index < -0.39 is 0 Å². The molecule has 1 aliphatic heterocycles. The SMILES string of the molecule is CC1N(C)C=CN1c1cccc2c1oc1oc3ccccc3c12. The summed E-state index contributed by atoms with van der Waals surface area (Å²) in [5.74, 6) is 0.595. The Bertz CT molecular complexity index is 1070. The molecule has 0 aliphatic carbocycles. The minimum Gasteiger partial charge on any atom is -0.425 e. The summed E-state index contributed by atoms with van der Waals surface area (Å²) in [6.07, 6.45) is 4.42. The first-order valence-electron chi connectivity index (χ1n) is 7.75. The number of anilines is 1. The zero-order valence-electron chi connectivity index (χ0n) is 13.0. The van der Waals surface area contributed by atoms with Crippen molar-refractivity contribution in [3.63, 3.8) is 0 Å². The molecule has 1 aliphatic rings. The molecule has 23 heavy (non-hydrogen) atoms. The second-order valence-corrected chi connectivity index (χ2v) is 6.02. The molecule has 0 saturated heterocycles. The van der Waals surface area contributed by atoms with Crippen LogP contribution in [-0.4, -0.2) is 18.1 Å². The fourth-order valence-electron chi connectivity index (χ4n) is 3.38. The van der Waals surface area contributed by atoms with Gasteiger partial charge >= 0.3 is 0 Å². The third-order valence-electron chi connectivity index (χ3n) is 4.75. The van der Waals surface area contributed by atoms with Crippen molar-refractivity contribution in [2.24, 2.45) is 0 Å². The third-order valence-corrected chi connectivity index (χ3v) is 4.75. The van der Waals surface area contributed by atoms with Gasteiger partial charge in [-0.3, -0.25) is 0 Å². The number of furan rings is 2. The average Bonchev–Trinajstić information content (AvgIpc) is 3.20. The van der Waals surface area contributed by atoms with E-state index in [9.17, 15) is 0 Å². The molecule has 0 N–H and O–H groups in total. The summed E-state index contributed by atoms with van der Waals surface area (Å²) in [4.78, 5) is 4.38. The highest BCUT2D eigenvalue weighted by atomic mass is 16.5. The Morgan fingerprint density at radius 1 is 0.913 bits per heavy atom. The topological polar surface area (TPSA) is 32.8 Å². The second kappa shape index (κ2) is 4.32. The van der Waals surface area contributed by atoms with Gasteiger partial charge in [-0.2, -0.15) is 0 Å². The van der Waals surface area contributed by atoms with Gasteiger partial charge in [-0.05, 0) is 19.1 Å². The molecule has 0 spiro atoms. The van der Waals surface area contributed by atoms with Crippen LogP contribution in [-0.2, 0) is 0 Å². The van der Waals surface area contributed by atoms with Crippen LogP contribution in [0.2, 0.25) is 0 Å². The molecule has 4 heteroatoms. The molecule has 4 aromatic rings. The summed E-state index contributed by atoms with van der Waals surface area (Å²) < 4.78 is 12.0. The first-order valence-corrected chi connectivity index (χ1v) is 7.75. The van der Waals surface area contributed by atoms with Gasteiger partial charge < -0.3 is 18.6 Å². The van der Waals surface area contributed by atoms with Gasteiger partial charge in [0, 0.05) is 30.2 Å². The normalized spacial score (nSPS) is 18.1. The molecule has 4 nitrogen and oxygen atoms in total. The molecule has 114 valence electrons. The van der Waals surface area contributed by atoms with Gasteiger partial charge in [0.1, 0.15) is 11.7 Å². The minimum atomic E-state index is 0.258. The van der Waals surface area contributed by atoms with E-state index in [0.717, 1.165) is 33.0 Å². The average molecular weight is 304 g/mol. The first kappa shape index (κ1) is 12.6. The Kier molecular flexibility index (Phi) is 2.37. The Hall–Kier alpha value is -2.88. The fourth-order valence-corrected chi connectivity index (χ4v) is 3.38. The number of nitrogens with zero attached hydrogens (tertiary/aromatic N) is 2. The van der Waals surface area contributed by atoms with Crippen molar-refractivity contribution in [3.8, 4) is 0 Å². The highest BCUT2D eigenvalue weighted by Crippen LogP contribution is 2.41. The summed E-state index contributed by atoms with van der Waals surface area (Å²) in [7, 11) is 2.07. The molecule has 3 heterocycles. The predicted octanol–water partition coefficient (Wildman–Crippen LogP) is 4.90. The van der Waals surface area contributed by atoms with E-state index in [2.05, 4.69) is 60.4 Å². The standard InChI is InChI=1S/C19H16N2O2/c1-12-20(2)10-11-21(12)15-8-5-7-14-17-13-6-3-4-9-16(13)22-19(17)23-18(14)15/h3-12H,1-2H3. The van der Waals surface area contributed by atoms with Crippen LogP contribution >= 0.6 is 0 Å². The maximum absolute atomic E-state index is 6.10. The van der Waals surface area contributed by atoms with Crippen LogP contribution in [0.25, 0.3) is 33.1 Å². The summed E-state index contributed by atoms with van der Waals surface area (Å²) in [5, 5.41) is 3.25. The largest absolute Gasteiger partial charge is 0.425 e. The molecule has 5 rings (SSSR count). The number of para-hydroxylation sites is 2. The van der Waals surface area contributed by atoms with E-state index >= 15 is 0 Å². The van der Waals surface area contributed by atoms with Gasteiger partial charge in [0.15, 0.2) is 5.58 Å². The van der Waals surface area contributed by atoms with Crippen molar-refractivity contribution in [1.82, 2.24) is 4.90 Å². The number of hydrogen-bond acceptors (Lipinski definition) is 4. The van der Waals surface area contributed by atoms with Gasteiger partial charge in [-0.25, -0.2) is 0 Å². The monoisotopic (exact) mass is 304 g/mol. The van der Waals surface area contributed by atoms with Crippen LogP contribution < -0.4 is 4.90 Å². The van der Waals surface area contributed by atoms with E-state index in [1.165, 1.54) is 0 Å². The van der Waals surface area contributed by atoms with E-state index in [1.807, 2.05) is 18.2 Å². The first-order chi connectivity index (χ1) is 11.2. The molecule has 2 aromatic carbocycles. The van der Waals surface area contributed by atoms with Crippen molar-refractivity contribution in [1.29, 1.82) is 0 Å². The van der Waals surface area contributed by atoms with Gasteiger partial charge in [0.25, 0.3) is 5.78 Å². The third kappa shape index (κ3) is 1.60. The molecule has 1 unspecified atom stereocenters. The van der Waals surface area contributed by atoms with E-state index in [1.54, 1.807) is 0 Å². The van der Waals surface area contributed by atoms with Crippen molar-refractivity contribution in [2.75, 3.05) is 11.9 Å². The summed E-state index contributed by atoms with van der Waals surface area (Å²) in [5.41, 5.74) is 2.80. The maximum atomic E-state index is 6.10. The summed E-state index contributed by atoms with van der Waals surface area (Å²) in [6, 6.07) is 14.3. The lowest BCUT2D eigenvalue weighted by Gasteiger charge is -2.26. The van der Waals surface area contributed by atoms with Crippen molar-refractivity contribution >= 4 is 38.8 Å². The van der Waals surface area contributed by atoms with Crippen LogP contribution in [0.4, 0.5) is 5.69 Å². The Labute approximate surface area is 133 Å². The van der Waals surface area contributed by atoms with Gasteiger partial charge in [-0.1, -0.05) is 30.3 Å². The fraction of sp³-hybridized carbons (Fsp3) is 0.158. The molecular formula is C19H16N2O2. The lowest BCUT2D eigenvalue weighted by atomic mass is 10.1. The smallest absolute Gasteiger partial charge is 0.299 e. The van der Waals surface area contributed by atoms with Crippen molar-refractivity contribution in [3.05, 3.63) is 54.9 Å². The molecule has 0 saturated carbocycles. The molecule has 1 atom stereocenters.